The molecule has 0 bridgehead atoms. The van der Waals surface area contributed by atoms with Crippen LogP contribution >= 0.6 is 0 Å². The summed E-state index contributed by atoms with van der Waals surface area (Å²) in [7, 11) is 0. The van der Waals surface area contributed by atoms with Gasteiger partial charge in [-0.05, 0) is 37.0 Å². The first-order valence-electron chi connectivity index (χ1n) is 7.23. The van der Waals surface area contributed by atoms with Crippen molar-refractivity contribution in [2.24, 2.45) is 5.92 Å². The van der Waals surface area contributed by atoms with Gasteiger partial charge in [-0.3, -0.25) is 0 Å². The third kappa shape index (κ3) is 3.79. The first kappa shape index (κ1) is 15.0. The lowest BCUT2D eigenvalue weighted by Crippen LogP contribution is -2.22. The third-order valence-electron chi connectivity index (χ3n) is 4.08. The highest BCUT2D eigenvalue weighted by Gasteiger charge is 2.21. The number of carbonyl (C=O) groups is 1. The van der Waals surface area contributed by atoms with Crippen molar-refractivity contribution in [3.63, 3.8) is 0 Å². The van der Waals surface area contributed by atoms with Crippen molar-refractivity contribution in [2.45, 2.75) is 51.7 Å². The summed E-state index contributed by atoms with van der Waals surface area (Å²) in [4.78, 5) is 10.9. The summed E-state index contributed by atoms with van der Waals surface area (Å²) >= 11 is 0. The van der Waals surface area contributed by atoms with Crippen molar-refractivity contribution in [1.82, 2.24) is 0 Å². The summed E-state index contributed by atoms with van der Waals surface area (Å²) in [6.07, 6.45) is 5.76. The predicted octanol–water partition coefficient (Wildman–Crippen LogP) is 4.01. The standard InChI is InChI=1S/C16H21FO3/c1-2-11-4-3-5-14(8-11)20-10-13-9-12(16(18)19)6-7-15(13)17/h6-7,9,11,14H,2-5,8,10H2,1H3,(H,18,19). The van der Waals surface area contributed by atoms with E-state index >= 15 is 0 Å². The number of ether oxygens (including phenoxy) is 1. The Kier molecular flexibility index (Phi) is 5.12. The van der Waals surface area contributed by atoms with E-state index in [1.54, 1.807) is 0 Å². The number of halogens is 1. The van der Waals surface area contributed by atoms with Crippen molar-refractivity contribution in [2.75, 3.05) is 0 Å². The lowest BCUT2D eigenvalue weighted by atomic mass is 9.85. The van der Waals surface area contributed by atoms with Gasteiger partial charge in [0.1, 0.15) is 5.82 Å². The summed E-state index contributed by atoms with van der Waals surface area (Å²) in [5.74, 6) is -0.753. The van der Waals surface area contributed by atoms with E-state index < -0.39 is 11.8 Å². The molecule has 1 aliphatic carbocycles. The molecule has 0 saturated heterocycles. The molecule has 4 heteroatoms. The molecule has 0 aliphatic heterocycles. The van der Waals surface area contributed by atoms with E-state index in [1.807, 2.05) is 0 Å². The topological polar surface area (TPSA) is 46.5 Å². The molecule has 1 saturated carbocycles. The molecule has 0 aromatic heterocycles. The molecule has 1 aromatic rings. The van der Waals surface area contributed by atoms with Gasteiger partial charge in [0, 0.05) is 5.56 Å². The van der Waals surface area contributed by atoms with Crippen molar-refractivity contribution >= 4 is 5.97 Å². The SMILES string of the molecule is CCC1CCCC(OCc2cc(C(=O)O)ccc2F)C1. The molecule has 1 aromatic carbocycles. The van der Waals surface area contributed by atoms with Crippen LogP contribution in [0, 0.1) is 11.7 Å². The molecular weight excluding hydrogens is 259 g/mol. The molecule has 20 heavy (non-hydrogen) atoms. The van der Waals surface area contributed by atoms with E-state index in [0.29, 0.717) is 11.5 Å². The Morgan fingerprint density at radius 2 is 2.25 bits per heavy atom. The predicted molar refractivity (Wildman–Crippen MR) is 74.2 cm³/mol. The molecule has 1 aliphatic rings. The second-order valence-corrected chi connectivity index (χ2v) is 5.49. The van der Waals surface area contributed by atoms with Crippen LogP contribution in [0.3, 0.4) is 0 Å². The summed E-state index contributed by atoms with van der Waals surface area (Å²) in [6, 6.07) is 3.82. The Labute approximate surface area is 118 Å². The largest absolute Gasteiger partial charge is 0.478 e. The quantitative estimate of drug-likeness (QED) is 0.886. The smallest absolute Gasteiger partial charge is 0.335 e. The maximum Gasteiger partial charge on any atom is 0.335 e. The van der Waals surface area contributed by atoms with Crippen molar-refractivity contribution < 1.29 is 19.0 Å². The van der Waals surface area contributed by atoms with Crippen LogP contribution in [0.5, 0.6) is 0 Å². The highest BCUT2D eigenvalue weighted by molar-refractivity contribution is 5.87. The molecule has 0 spiro atoms. The molecule has 2 unspecified atom stereocenters. The van der Waals surface area contributed by atoms with E-state index in [-0.39, 0.29) is 18.3 Å². The first-order valence-corrected chi connectivity index (χ1v) is 7.23. The van der Waals surface area contributed by atoms with Crippen molar-refractivity contribution in [1.29, 1.82) is 0 Å². The number of benzene rings is 1. The first-order chi connectivity index (χ1) is 9.60. The van der Waals surface area contributed by atoms with Crippen molar-refractivity contribution in [3.8, 4) is 0 Å². The van der Waals surface area contributed by atoms with Crippen LogP contribution in [-0.2, 0) is 11.3 Å². The zero-order valence-electron chi connectivity index (χ0n) is 11.8. The van der Waals surface area contributed by atoms with E-state index in [0.717, 1.165) is 25.7 Å². The van der Waals surface area contributed by atoms with Gasteiger partial charge in [-0.2, -0.15) is 0 Å². The second-order valence-electron chi connectivity index (χ2n) is 5.49. The van der Waals surface area contributed by atoms with Gasteiger partial charge in [-0.15, -0.1) is 0 Å². The van der Waals surface area contributed by atoms with Gasteiger partial charge in [-0.1, -0.05) is 26.2 Å². The average molecular weight is 280 g/mol. The van der Waals surface area contributed by atoms with Crippen LogP contribution < -0.4 is 0 Å². The van der Waals surface area contributed by atoms with Gasteiger partial charge >= 0.3 is 5.97 Å². The summed E-state index contributed by atoms with van der Waals surface area (Å²) in [5.41, 5.74) is 0.420. The highest BCUT2D eigenvalue weighted by Crippen LogP contribution is 2.29. The average Bonchev–Trinajstić information content (AvgIpc) is 2.46. The monoisotopic (exact) mass is 280 g/mol. The maximum absolute atomic E-state index is 13.7. The lowest BCUT2D eigenvalue weighted by Gasteiger charge is -2.28. The molecule has 1 N–H and O–H groups in total. The number of hydrogen-bond donors (Lipinski definition) is 1. The molecule has 0 amide bonds. The molecule has 2 atom stereocenters. The Morgan fingerprint density at radius 3 is 2.95 bits per heavy atom. The molecule has 1 fully saturated rings. The van der Waals surface area contributed by atoms with Gasteiger partial charge < -0.3 is 9.84 Å². The molecule has 0 heterocycles. The summed E-state index contributed by atoms with van der Waals surface area (Å²) in [5, 5.41) is 8.92. The van der Waals surface area contributed by atoms with Gasteiger partial charge in [0.15, 0.2) is 0 Å². The number of carboxylic acids is 1. The fraction of sp³-hybridized carbons (Fsp3) is 0.562. The molecule has 110 valence electrons. The number of hydrogen-bond acceptors (Lipinski definition) is 2. The zero-order valence-corrected chi connectivity index (χ0v) is 11.8. The van der Waals surface area contributed by atoms with Gasteiger partial charge in [-0.25, -0.2) is 9.18 Å². The fourth-order valence-electron chi connectivity index (χ4n) is 2.79. The van der Waals surface area contributed by atoms with Crippen molar-refractivity contribution in [3.05, 3.63) is 35.1 Å². The fourth-order valence-corrected chi connectivity index (χ4v) is 2.79. The Morgan fingerprint density at radius 1 is 1.45 bits per heavy atom. The minimum atomic E-state index is -1.05. The maximum atomic E-state index is 13.7. The van der Waals surface area contributed by atoms with E-state index in [9.17, 15) is 9.18 Å². The normalized spacial score (nSPS) is 22.7. The minimum absolute atomic E-state index is 0.0973. The number of rotatable bonds is 5. The molecule has 3 nitrogen and oxygen atoms in total. The minimum Gasteiger partial charge on any atom is -0.478 e. The number of aromatic carboxylic acids is 1. The van der Waals surface area contributed by atoms with Crippen LogP contribution in [0.1, 0.15) is 54.9 Å². The number of carboxylic acid groups (broad SMARTS) is 1. The van der Waals surface area contributed by atoms with Gasteiger partial charge in [0.25, 0.3) is 0 Å². The van der Waals surface area contributed by atoms with E-state index in [2.05, 4.69) is 6.92 Å². The van der Waals surface area contributed by atoms with Crippen LogP contribution in [0.15, 0.2) is 18.2 Å². The van der Waals surface area contributed by atoms with E-state index in [4.69, 9.17) is 9.84 Å². The van der Waals surface area contributed by atoms with Gasteiger partial charge in [0.2, 0.25) is 0 Å². The van der Waals surface area contributed by atoms with Crippen LogP contribution in [0.2, 0.25) is 0 Å². The van der Waals surface area contributed by atoms with Crippen LogP contribution in [0.25, 0.3) is 0 Å². The highest BCUT2D eigenvalue weighted by atomic mass is 19.1. The summed E-state index contributed by atoms with van der Waals surface area (Å²) in [6.45, 7) is 2.33. The lowest BCUT2D eigenvalue weighted by molar-refractivity contribution is 0.000640. The third-order valence-corrected chi connectivity index (χ3v) is 4.08. The Balaban J connectivity index is 1.96. The Hall–Kier alpha value is -1.42. The Bertz CT molecular complexity index is 473. The zero-order chi connectivity index (χ0) is 14.5. The molecular formula is C16H21FO3. The van der Waals surface area contributed by atoms with Crippen LogP contribution in [-0.4, -0.2) is 17.2 Å². The van der Waals surface area contributed by atoms with E-state index in [1.165, 1.54) is 24.6 Å². The summed E-state index contributed by atoms with van der Waals surface area (Å²) < 4.78 is 19.4. The van der Waals surface area contributed by atoms with Crippen LogP contribution in [0.4, 0.5) is 4.39 Å². The second kappa shape index (κ2) is 6.84. The molecule has 2 rings (SSSR count). The molecule has 0 radical (unpaired) electrons. The van der Waals surface area contributed by atoms with Gasteiger partial charge in [0.05, 0.1) is 18.3 Å².